The number of hydrogen-bond donors (Lipinski definition) is 1. The van der Waals surface area contributed by atoms with E-state index in [1.165, 1.54) is 5.56 Å². The summed E-state index contributed by atoms with van der Waals surface area (Å²) in [4.78, 5) is 2.18. The molecule has 0 radical (unpaired) electrons. The molecule has 1 unspecified atom stereocenters. The SMILES string of the molecule is CC(C)S(=O)(=O)CCN1c2ccccc2CCC1CN. The number of anilines is 1. The number of sulfone groups is 1. The monoisotopic (exact) mass is 296 g/mol. The largest absolute Gasteiger partial charge is 0.366 e. The highest BCUT2D eigenvalue weighted by atomic mass is 32.2. The van der Waals surface area contributed by atoms with Gasteiger partial charge in [-0.3, -0.25) is 0 Å². The Balaban J connectivity index is 2.20. The molecule has 0 bridgehead atoms. The second kappa shape index (κ2) is 6.14. The number of para-hydroxylation sites is 1. The molecule has 0 aromatic heterocycles. The fourth-order valence-corrected chi connectivity index (χ4v) is 3.61. The molecule has 1 aliphatic rings. The molecular weight excluding hydrogens is 272 g/mol. The van der Waals surface area contributed by atoms with Crippen LogP contribution in [0.1, 0.15) is 25.8 Å². The zero-order valence-electron chi connectivity index (χ0n) is 12.2. The van der Waals surface area contributed by atoms with Gasteiger partial charge in [-0.25, -0.2) is 8.42 Å². The van der Waals surface area contributed by atoms with E-state index >= 15 is 0 Å². The van der Waals surface area contributed by atoms with Crippen molar-refractivity contribution in [2.45, 2.75) is 38.0 Å². The Labute approximate surface area is 121 Å². The van der Waals surface area contributed by atoms with E-state index in [0.29, 0.717) is 13.1 Å². The van der Waals surface area contributed by atoms with Crippen LogP contribution < -0.4 is 10.6 Å². The van der Waals surface area contributed by atoms with E-state index in [0.717, 1.165) is 18.5 Å². The van der Waals surface area contributed by atoms with Crippen LogP contribution in [-0.2, 0) is 16.3 Å². The van der Waals surface area contributed by atoms with Gasteiger partial charge in [0.1, 0.15) is 0 Å². The van der Waals surface area contributed by atoms with Crippen molar-refractivity contribution in [3.8, 4) is 0 Å². The number of hydrogen-bond acceptors (Lipinski definition) is 4. The Morgan fingerprint density at radius 3 is 2.70 bits per heavy atom. The molecule has 20 heavy (non-hydrogen) atoms. The van der Waals surface area contributed by atoms with Gasteiger partial charge >= 0.3 is 0 Å². The molecule has 0 amide bonds. The van der Waals surface area contributed by atoms with Gasteiger partial charge in [-0.05, 0) is 38.3 Å². The van der Waals surface area contributed by atoms with E-state index < -0.39 is 9.84 Å². The molecule has 1 atom stereocenters. The summed E-state index contributed by atoms with van der Waals surface area (Å²) in [5, 5.41) is -0.320. The predicted molar refractivity (Wildman–Crippen MR) is 83.9 cm³/mol. The average Bonchev–Trinajstić information content (AvgIpc) is 2.44. The summed E-state index contributed by atoms with van der Waals surface area (Å²) in [5.41, 5.74) is 8.30. The van der Waals surface area contributed by atoms with Gasteiger partial charge in [0.25, 0.3) is 0 Å². The number of nitrogens with zero attached hydrogens (tertiary/aromatic N) is 1. The number of nitrogens with two attached hydrogens (primary N) is 1. The van der Waals surface area contributed by atoms with Gasteiger partial charge in [-0.15, -0.1) is 0 Å². The molecule has 5 heteroatoms. The van der Waals surface area contributed by atoms with Gasteiger partial charge in [0.2, 0.25) is 0 Å². The molecule has 1 heterocycles. The summed E-state index contributed by atoms with van der Waals surface area (Å²) >= 11 is 0. The minimum absolute atomic E-state index is 0.190. The zero-order valence-corrected chi connectivity index (χ0v) is 13.1. The second-order valence-corrected chi connectivity index (χ2v) is 8.34. The summed E-state index contributed by atoms with van der Waals surface area (Å²) < 4.78 is 24.0. The zero-order chi connectivity index (χ0) is 14.8. The van der Waals surface area contributed by atoms with E-state index in [1.807, 2.05) is 12.1 Å². The topological polar surface area (TPSA) is 63.4 Å². The summed E-state index contributed by atoms with van der Waals surface area (Å²) in [6, 6.07) is 8.46. The highest BCUT2D eigenvalue weighted by Crippen LogP contribution is 2.30. The molecule has 0 saturated heterocycles. The van der Waals surface area contributed by atoms with Crippen LogP contribution in [0.25, 0.3) is 0 Å². The van der Waals surface area contributed by atoms with Crippen molar-refractivity contribution in [2.75, 3.05) is 23.7 Å². The average molecular weight is 296 g/mol. The molecule has 0 fully saturated rings. The molecule has 0 saturated carbocycles. The van der Waals surface area contributed by atoms with Gasteiger partial charge in [0, 0.05) is 24.8 Å². The molecule has 1 aromatic carbocycles. The van der Waals surface area contributed by atoms with Crippen molar-refractivity contribution in [1.29, 1.82) is 0 Å². The fraction of sp³-hybridized carbons (Fsp3) is 0.600. The first-order valence-corrected chi connectivity index (χ1v) is 8.93. The lowest BCUT2D eigenvalue weighted by atomic mass is 9.96. The van der Waals surface area contributed by atoms with Gasteiger partial charge in [0.05, 0.1) is 11.0 Å². The van der Waals surface area contributed by atoms with Crippen LogP contribution in [-0.4, -0.2) is 38.6 Å². The van der Waals surface area contributed by atoms with Gasteiger partial charge in [-0.1, -0.05) is 18.2 Å². The Hall–Kier alpha value is -1.07. The van der Waals surface area contributed by atoms with Crippen LogP contribution in [0, 0.1) is 0 Å². The molecule has 112 valence electrons. The summed E-state index contributed by atoms with van der Waals surface area (Å²) in [6.07, 6.45) is 2.01. The fourth-order valence-electron chi connectivity index (χ4n) is 2.69. The second-order valence-electron chi connectivity index (χ2n) is 5.67. The lowest BCUT2D eigenvalue weighted by Gasteiger charge is -2.38. The molecule has 0 aliphatic carbocycles. The molecule has 0 spiro atoms. The minimum atomic E-state index is -3.01. The van der Waals surface area contributed by atoms with Crippen LogP contribution in [0.2, 0.25) is 0 Å². The highest BCUT2D eigenvalue weighted by Gasteiger charge is 2.26. The van der Waals surface area contributed by atoms with E-state index in [9.17, 15) is 8.42 Å². The van der Waals surface area contributed by atoms with Crippen molar-refractivity contribution >= 4 is 15.5 Å². The third-order valence-corrected chi connectivity index (χ3v) is 6.28. The maximum Gasteiger partial charge on any atom is 0.154 e. The van der Waals surface area contributed by atoms with E-state index in [1.54, 1.807) is 13.8 Å². The Kier molecular flexibility index (Phi) is 4.70. The number of rotatable bonds is 5. The number of benzene rings is 1. The van der Waals surface area contributed by atoms with Gasteiger partial charge < -0.3 is 10.6 Å². The predicted octanol–water partition coefficient (Wildman–Crippen LogP) is 1.59. The first kappa shape index (κ1) is 15.3. The summed E-state index contributed by atoms with van der Waals surface area (Å²) in [6.45, 7) is 4.56. The Bertz CT molecular complexity index is 555. The maximum absolute atomic E-state index is 12.0. The standard InChI is InChI=1S/C15H24N2O2S/c1-12(2)20(18,19)10-9-17-14(11-16)8-7-13-5-3-4-6-15(13)17/h3-6,12,14H,7-11,16H2,1-2H3. The Morgan fingerprint density at radius 2 is 2.05 bits per heavy atom. The minimum Gasteiger partial charge on any atom is -0.366 e. The normalized spacial score (nSPS) is 19.2. The quantitative estimate of drug-likeness (QED) is 0.896. The first-order valence-electron chi connectivity index (χ1n) is 7.22. The number of fused-ring (bicyclic) bond motifs is 1. The van der Waals surface area contributed by atoms with Crippen molar-refractivity contribution in [1.82, 2.24) is 0 Å². The van der Waals surface area contributed by atoms with Crippen LogP contribution in [0.5, 0.6) is 0 Å². The third-order valence-electron chi connectivity index (χ3n) is 4.10. The molecule has 2 N–H and O–H groups in total. The summed E-state index contributed by atoms with van der Waals surface area (Å²) in [7, 11) is -3.01. The lowest BCUT2D eigenvalue weighted by molar-refractivity contribution is 0.537. The molecule has 1 aliphatic heterocycles. The van der Waals surface area contributed by atoms with Crippen molar-refractivity contribution < 1.29 is 8.42 Å². The van der Waals surface area contributed by atoms with Crippen molar-refractivity contribution in [3.63, 3.8) is 0 Å². The molecular formula is C15H24N2O2S. The maximum atomic E-state index is 12.0. The molecule has 1 aromatic rings. The van der Waals surface area contributed by atoms with Crippen molar-refractivity contribution in [2.24, 2.45) is 5.73 Å². The van der Waals surface area contributed by atoms with E-state index in [2.05, 4.69) is 17.0 Å². The van der Waals surface area contributed by atoms with E-state index in [4.69, 9.17) is 5.73 Å². The van der Waals surface area contributed by atoms with E-state index in [-0.39, 0.29) is 17.0 Å². The van der Waals surface area contributed by atoms with Crippen LogP contribution in [0.4, 0.5) is 5.69 Å². The van der Waals surface area contributed by atoms with Crippen LogP contribution >= 0.6 is 0 Å². The van der Waals surface area contributed by atoms with Gasteiger partial charge in [0.15, 0.2) is 9.84 Å². The lowest BCUT2D eigenvalue weighted by Crippen LogP contribution is -2.46. The van der Waals surface area contributed by atoms with Crippen molar-refractivity contribution in [3.05, 3.63) is 29.8 Å². The molecule has 4 nitrogen and oxygen atoms in total. The van der Waals surface area contributed by atoms with Gasteiger partial charge in [-0.2, -0.15) is 0 Å². The smallest absolute Gasteiger partial charge is 0.154 e. The molecule has 2 rings (SSSR count). The van der Waals surface area contributed by atoms with Crippen LogP contribution in [0.3, 0.4) is 0 Å². The number of aryl methyl sites for hydroxylation is 1. The first-order chi connectivity index (χ1) is 9.45. The summed E-state index contributed by atoms with van der Waals surface area (Å²) in [5.74, 6) is 0.190. The highest BCUT2D eigenvalue weighted by molar-refractivity contribution is 7.92. The third kappa shape index (κ3) is 3.15. The Morgan fingerprint density at radius 1 is 1.35 bits per heavy atom. The van der Waals surface area contributed by atoms with Crippen LogP contribution in [0.15, 0.2) is 24.3 Å².